The van der Waals surface area contributed by atoms with Crippen molar-refractivity contribution >= 4 is 5.96 Å². The van der Waals surface area contributed by atoms with E-state index in [4.69, 9.17) is 4.74 Å². The van der Waals surface area contributed by atoms with Gasteiger partial charge < -0.3 is 15.4 Å². The molecule has 1 aliphatic rings. The van der Waals surface area contributed by atoms with Crippen LogP contribution < -0.4 is 15.4 Å². The third-order valence-electron chi connectivity index (χ3n) is 4.04. The first-order valence-electron chi connectivity index (χ1n) is 9.07. The van der Waals surface area contributed by atoms with Crippen molar-refractivity contribution in [3.05, 3.63) is 23.9 Å². The second-order valence-corrected chi connectivity index (χ2v) is 6.44. The summed E-state index contributed by atoms with van der Waals surface area (Å²) in [5.41, 5.74) is -0.968. The minimum absolute atomic E-state index is 0.0438. The highest BCUT2D eigenvalue weighted by atomic mass is 19.4. The molecule has 1 saturated heterocycles. The zero-order valence-electron chi connectivity index (χ0n) is 15.8. The molecule has 0 aromatic carbocycles. The van der Waals surface area contributed by atoms with E-state index in [0.29, 0.717) is 25.5 Å². The maximum Gasteiger partial charge on any atom is 0.421 e. The van der Waals surface area contributed by atoms with Crippen LogP contribution in [0.4, 0.5) is 26.3 Å². The van der Waals surface area contributed by atoms with E-state index >= 15 is 0 Å². The largest absolute Gasteiger partial charge is 0.475 e. The van der Waals surface area contributed by atoms with Crippen LogP contribution >= 0.6 is 0 Å². The van der Waals surface area contributed by atoms with E-state index in [2.05, 4.69) is 20.6 Å². The summed E-state index contributed by atoms with van der Waals surface area (Å²) in [7, 11) is 0. The summed E-state index contributed by atoms with van der Waals surface area (Å²) in [6.07, 6.45) is -7.09. The molecule has 0 aliphatic carbocycles. The van der Waals surface area contributed by atoms with Crippen LogP contribution in [0.3, 0.4) is 0 Å². The molecule has 1 aliphatic heterocycles. The Hall–Kier alpha value is -2.24. The van der Waals surface area contributed by atoms with Gasteiger partial charge in [-0.15, -0.1) is 0 Å². The number of ether oxygens (including phenoxy) is 1. The Kier molecular flexibility index (Phi) is 7.94. The molecular weight excluding hydrogens is 404 g/mol. The summed E-state index contributed by atoms with van der Waals surface area (Å²) >= 11 is 0. The minimum Gasteiger partial charge on any atom is -0.475 e. The van der Waals surface area contributed by atoms with E-state index in [1.54, 1.807) is 0 Å². The first kappa shape index (κ1) is 23.0. The Morgan fingerprint density at radius 2 is 2.07 bits per heavy atom. The molecule has 2 rings (SSSR count). The second-order valence-electron chi connectivity index (χ2n) is 6.44. The van der Waals surface area contributed by atoms with Crippen molar-refractivity contribution in [3.63, 3.8) is 0 Å². The van der Waals surface area contributed by atoms with Crippen molar-refractivity contribution in [3.8, 4) is 5.88 Å². The van der Waals surface area contributed by atoms with Crippen LogP contribution in [0.5, 0.6) is 5.88 Å². The summed E-state index contributed by atoms with van der Waals surface area (Å²) in [4.78, 5) is 9.11. The molecule has 0 spiro atoms. The lowest BCUT2D eigenvalue weighted by Crippen LogP contribution is -2.45. The van der Waals surface area contributed by atoms with Gasteiger partial charge in [0.1, 0.15) is 12.2 Å². The number of aromatic nitrogens is 1. The molecule has 164 valence electrons. The Labute approximate surface area is 164 Å². The number of aliphatic imine (C=N–C) groups is 1. The normalized spacial score (nSPS) is 18.7. The monoisotopic (exact) mass is 427 g/mol. The van der Waals surface area contributed by atoms with E-state index in [1.165, 1.54) is 17.2 Å². The van der Waals surface area contributed by atoms with Gasteiger partial charge in [0, 0.05) is 31.9 Å². The molecule has 0 amide bonds. The van der Waals surface area contributed by atoms with Crippen molar-refractivity contribution in [1.82, 2.24) is 20.5 Å². The summed E-state index contributed by atoms with van der Waals surface area (Å²) in [6.45, 7) is 1.83. The SMILES string of the molecule is CCNC(=NCCOc1ncccc1C(F)(F)F)NC1CCN(CC(F)(F)F)C1. The van der Waals surface area contributed by atoms with E-state index in [0.717, 1.165) is 6.07 Å². The number of guanidine groups is 1. The van der Waals surface area contributed by atoms with Gasteiger partial charge in [0.15, 0.2) is 5.96 Å². The fourth-order valence-electron chi connectivity index (χ4n) is 2.88. The summed E-state index contributed by atoms with van der Waals surface area (Å²) in [5, 5.41) is 6.00. The van der Waals surface area contributed by atoms with Crippen molar-refractivity contribution < 1.29 is 31.1 Å². The van der Waals surface area contributed by atoms with Crippen LogP contribution in [0, 0.1) is 0 Å². The maximum absolute atomic E-state index is 12.9. The van der Waals surface area contributed by atoms with E-state index in [1.807, 2.05) is 6.92 Å². The van der Waals surface area contributed by atoms with Crippen molar-refractivity contribution in [1.29, 1.82) is 0 Å². The number of halogens is 6. The molecule has 0 bridgehead atoms. The third kappa shape index (κ3) is 7.95. The van der Waals surface area contributed by atoms with Gasteiger partial charge in [-0.1, -0.05) is 0 Å². The Morgan fingerprint density at radius 1 is 1.31 bits per heavy atom. The Morgan fingerprint density at radius 3 is 2.72 bits per heavy atom. The molecule has 6 nitrogen and oxygen atoms in total. The van der Waals surface area contributed by atoms with E-state index in [9.17, 15) is 26.3 Å². The average Bonchev–Trinajstić information content (AvgIpc) is 3.03. The molecule has 2 N–H and O–H groups in total. The fourth-order valence-corrected chi connectivity index (χ4v) is 2.88. The van der Waals surface area contributed by atoms with Crippen molar-refractivity contribution in [2.75, 3.05) is 39.3 Å². The number of pyridine rings is 1. The highest BCUT2D eigenvalue weighted by molar-refractivity contribution is 5.80. The van der Waals surface area contributed by atoms with Gasteiger partial charge in [0.05, 0.1) is 13.1 Å². The fraction of sp³-hybridized carbons (Fsp3) is 0.647. The quantitative estimate of drug-likeness (QED) is 0.303. The lowest BCUT2D eigenvalue weighted by atomic mass is 10.2. The smallest absolute Gasteiger partial charge is 0.421 e. The maximum atomic E-state index is 12.9. The topological polar surface area (TPSA) is 61.8 Å². The van der Waals surface area contributed by atoms with Gasteiger partial charge >= 0.3 is 12.4 Å². The predicted octanol–water partition coefficient (Wildman–Crippen LogP) is 2.67. The van der Waals surface area contributed by atoms with Gasteiger partial charge in [0.25, 0.3) is 0 Å². The Bertz CT molecular complexity index is 679. The van der Waals surface area contributed by atoms with E-state index < -0.39 is 30.3 Å². The zero-order chi connectivity index (χ0) is 21.5. The first-order chi connectivity index (χ1) is 13.6. The zero-order valence-corrected chi connectivity index (χ0v) is 15.8. The number of rotatable bonds is 7. The standard InChI is InChI=1S/C17H23F6N5O/c1-2-24-15(27-12-5-8-28(10-12)11-16(18,19)20)26-7-9-29-14-13(17(21,22)23)4-3-6-25-14/h3-4,6,12H,2,5,7-11H2,1H3,(H2,24,26,27). The van der Waals surface area contributed by atoms with E-state index in [-0.39, 0.29) is 25.7 Å². The van der Waals surface area contributed by atoms with Gasteiger partial charge in [0.2, 0.25) is 5.88 Å². The minimum atomic E-state index is -4.58. The number of alkyl halides is 6. The Balaban J connectivity index is 1.86. The molecule has 1 aromatic heterocycles. The highest BCUT2D eigenvalue weighted by Crippen LogP contribution is 2.34. The van der Waals surface area contributed by atoms with Crippen LogP contribution in [0.15, 0.2) is 23.3 Å². The van der Waals surface area contributed by atoms with Crippen molar-refractivity contribution in [2.45, 2.75) is 31.7 Å². The summed E-state index contributed by atoms with van der Waals surface area (Å²) in [5.74, 6) is -0.154. The molecule has 2 heterocycles. The summed E-state index contributed by atoms with van der Waals surface area (Å²) in [6, 6.07) is 1.85. The lowest BCUT2D eigenvalue weighted by molar-refractivity contribution is -0.143. The molecule has 29 heavy (non-hydrogen) atoms. The molecule has 0 radical (unpaired) electrons. The van der Waals surface area contributed by atoms with Gasteiger partial charge in [-0.2, -0.15) is 26.3 Å². The number of hydrogen-bond acceptors (Lipinski definition) is 4. The molecule has 1 unspecified atom stereocenters. The molecule has 1 atom stereocenters. The number of nitrogens with zero attached hydrogens (tertiary/aromatic N) is 3. The van der Waals surface area contributed by atoms with Crippen LogP contribution in [-0.4, -0.2) is 67.4 Å². The average molecular weight is 427 g/mol. The predicted molar refractivity (Wildman–Crippen MR) is 94.7 cm³/mol. The molecule has 1 fully saturated rings. The number of hydrogen-bond donors (Lipinski definition) is 2. The molecule has 1 aromatic rings. The molecule has 0 saturated carbocycles. The van der Waals surface area contributed by atoms with Gasteiger partial charge in [-0.3, -0.25) is 4.90 Å². The number of nitrogens with one attached hydrogen (secondary N) is 2. The van der Waals surface area contributed by atoms with Crippen molar-refractivity contribution in [2.24, 2.45) is 4.99 Å². The second kappa shape index (κ2) is 9.99. The summed E-state index contributed by atoms with van der Waals surface area (Å²) < 4.78 is 81.3. The van der Waals surface area contributed by atoms with Crippen LogP contribution in [0.25, 0.3) is 0 Å². The number of likely N-dealkylation sites (tertiary alicyclic amines) is 1. The van der Waals surface area contributed by atoms with Gasteiger partial charge in [-0.25, -0.2) is 9.98 Å². The lowest BCUT2D eigenvalue weighted by Gasteiger charge is -2.19. The third-order valence-corrected chi connectivity index (χ3v) is 4.04. The van der Waals surface area contributed by atoms with Crippen LogP contribution in [0.1, 0.15) is 18.9 Å². The highest BCUT2D eigenvalue weighted by Gasteiger charge is 2.35. The van der Waals surface area contributed by atoms with Crippen LogP contribution in [0.2, 0.25) is 0 Å². The van der Waals surface area contributed by atoms with Gasteiger partial charge in [-0.05, 0) is 25.5 Å². The molecular formula is C17H23F6N5O. The first-order valence-corrected chi connectivity index (χ1v) is 9.07. The molecule has 12 heteroatoms. The van der Waals surface area contributed by atoms with Crippen LogP contribution in [-0.2, 0) is 6.18 Å².